The molecule has 0 radical (unpaired) electrons. The summed E-state index contributed by atoms with van der Waals surface area (Å²) in [4.78, 5) is 10.9. The molecule has 1 aromatic rings. The predicted molar refractivity (Wildman–Crippen MR) is 53.8 cm³/mol. The van der Waals surface area contributed by atoms with Gasteiger partial charge in [0, 0.05) is 0 Å². The largest absolute Gasteiger partial charge is 0.465 e. The van der Waals surface area contributed by atoms with E-state index in [0.717, 1.165) is 0 Å². The van der Waals surface area contributed by atoms with Crippen molar-refractivity contribution >= 4 is 5.97 Å². The van der Waals surface area contributed by atoms with Gasteiger partial charge in [0.1, 0.15) is 5.82 Å². The van der Waals surface area contributed by atoms with Crippen LogP contribution in [0.25, 0.3) is 0 Å². The van der Waals surface area contributed by atoms with Crippen molar-refractivity contribution in [2.24, 2.45) is 0 Å². The van der Waals surface area contributed by atoms with E-state index in [2.05, 4.69) is 4.74 Å². The smallest absolute Gasteiger partial charge is 0.337 e. The lowest BCUT2D eigenvalue weighted by Crippen LogP contribution is -2.01. The van der Waals surface area contributed by atoms with Crippen molar-refractivity contribution < 1.29 is 13.9 Å². The number of methoxy groups -OCH3 is 1. The van der Waals surface area contributed by atoms with Crippen LogP contribution in [0, 0.1) is 12.7 Å². The van der Waals surface area contributed by atoms with Gasteiger partial charge >= 0.3 is 5.97 Å². The number of benzene rings is 1. The zero-order valence-corrected chi connectivity index (χ0v) is 8.93. The summed E-state index contributed by atoms with van der Waals surface area (Å²) in [6.45, 7) is 5.64. The Morgan fingerprint density at radius 1 is 1.36 bits per heavy atom. The van der Waals surface area contributed by atoms with Gasteiger partial charge in [0.2, 0.25) is 0 Å². The standard InChI is InChI=1S/C9H9FO2.C2H6/c1-6-3-4-7(5-8(6)10)9(11)12-2;1-2/h3-5H,1-2H3;1-2H3. The quantitative estimate of drug-likeness (QED) is 0.648. The van der Waals surface area contributed by atoms with Crippen molar-refractivity contribution in [1.82, 2.24) is 0 Å². The minimum atomic E-state index is -0.520. The molecule has 14 heavy (non-hydrogen) atoms. The van der Waals surface area contributed by atoms with E-state index in [0.29, 0.717) is 5.56 Å². The molecule has 0 saturated carbocycles. The van der Waals surface area contributed by atoms with E-state index in [1.54, 1.807) is 13.0 Å². The van der Waals surface area contributed by atoms with Crippen LogP contribution in [0.3, 0.4) is 0 Å². The van der Waals surface area contributed by atoms with Crippen molar-refractivity contribution in [3.8, 4) is 0 Å². The molecule has 0 atom stereocenters. The molecule has 1 rings (SSSR count). The van der Waals surface area contributed by atoms with Gasteiger partial charge in [-0.3, -0.25) is 0 Å². The zero-order chi connectivity index (χ0) is 11.1. The van der Waals surface area contributed by atoms with Crippen LogP contribution < -0.4 is 0 Å². The van der Waals surface area contributed by atoms with E-state index in [1.165, 1.54) is 19.2 Å². The lowest BCUT2D eigenvalue weighted by molar-refractivity contribution is 0.0600. The molecule has 0 saturated heterocycles. The lowest BCUT2D eigenvalue weighted by Gasteiger charge is -2.00. The number of rotatable bonds is 1. The number of carbonyl (C=O) groups excluding carboxylic acids is 1. The van der Waals surface area contributed by atoms with Crippen molar-refractivity contribution in [2.75, 3.05) is 7.11 Å². The number of ether oxygens (including phenoxy) is 1. The van der Waals surface area contributed by atoms with Crippen LogP contribution >= 0.6 is 0 Å². The first-order chi connectivity index (χ1) is 6.65. The fourth-order valence-corrected chi connectivity index (χ4v) is 0.838. The molecule has 2 nitrogen and oxygen atoms in total. The summed E-state index contributed by atoms with van der Waals surface area (Å²) in [5.41, 5.74) is 0.753. The number of hydrogen-bond acceptors (Lipinski definition) is 2. The number of aryl methyl sites for hydroxylation is 1. The topological polar surface area (TPSA) is 26.3 Å². The van der Waals surface area contributed by atoms with Crippen LogP contribution in [0.5, 0.6) is 0 Å². The van der Waals surface area contributed by atoms with Crippen LogP contribution in [0.2, 0.25) is 0 Å². The molecule has 0 aliphatic heterocycles. The van der Waals surface area contributed by atoms with Crippen molar-refractivity contribution in [3.63, 3.8) is 0 Å². The second-order valence-electron chi connectivity index (χ2n) is 2.46. The summed E-state index contributed by atoms with van der Waals surface area (Å²) < 4.78 is 17.3. The Morgan fingerprint density at radius 2 is 1.93 bits per heavy atom. The fourth-order valence-electron chi connectivity index (χ4n) is 0.838. The average Bonchev–Trinajstić information content (AvgIpc) is 2.24. The van der Waals surface area contributed by atoms with Crippen LogP contribution in [-0.4, -0.2) is 13.1 Å². The van der Waals surface area contributed by atoms with Crippen molar-refractivity contribution in [1.29, 1.82) is 0 Å². The Morgan fingerprint density at radius 3 is 2.36 bits per heavy atom. The Labute approximate surface area is 83.7 Å². The molecule has 0 fully saturated rings. The van der Waals surface area contributed by atoms with Gasteiger partial charge in [0.25, 0.3) is 0 Å². The van der Waals surface area contributed by atoms with Crippen LogP contribution in [-0.2, 0) is 4.74 Å². The predicted octanol–water partition coefficient (Wildman–Crippen LogP) is 2.95. The molecule has 0 amide bonds. The first-order valence-electron chi connectivity index (χ1n) is 4.49. The van der Waals surface area contributed by atoms with Gasteiger partial charge < -0.3 is 4.74 Å². The first-order valence-corrected chi connectivity index (χ1v) is 4.49. The molecule has 1 aromatic carbocycles. The van der Waals surface area contributed by atoms with Crippen LogP contribution in [0.15, 0.2) is 18.2 Å². The Balaban J connectivity index is 0.000000791. The maximum absolute atomic E-state index is 12.9. The molecule has 0 aliphatic rings. The molecule has 0 spiro atoms. The molecule has 0 aliphatic carbocycles. The highest BCUT2D eigenvalue weighted by atomic mass is 19.1. The highest BCUT2D eigenvalue weighted by Crippen LogP contribution is 2.09. The van der Waals surface area contributed by atoms with E-state index in [9.17, 15) is 9.18 Å². The minimum absolute atomic E-state index is 0.237. The average molecular weight is 198 g/mol. The number of hydrogen-bond donors (Lipinski definition) is 0. The van der Waals surface area contributed by atoms with Gasteiger partial charge in [-0.1, -0.05) is 19.9 Å². The second-order valence-corrected chi connectivity index (χ2v) is 2.46. The molecular formula is C11H15FO2. The number of halogens is 1. The van der Waals surface area contributed by atoms with Gasteiger partial charge in [-0.2, -0.15) is 0 Å². The van der Waals surface area contributed by atoms with Crippen molar-refractivity contribution in [2.45, 2.75) is 20.8 Å². The van der Waals surface area contributed by atoms with Gasteiger partial charge in [0.15, 0.2) is 0 Å². The summed E-state index contributed by atoms with van der Waals surface area (Å²) in [5.74, 6) is -0.910. The van der Waals surface area contributed by atoms with E-state index >= 15 is 0 Å². The van der Waals surface area contributed by atoms with E-state index in [1.807, 2.05) is 13.8 Å². The summed E-state index contributed by atoms with van der Waals surface area (Å²) >= 11 is 0. The molecule has 0 N–H and O–H groups in total. The molecule has 0 bridgehead atoms. The van der Waals surface area contributed by atoms with Gasteiger partial charge in [-0.15, -0.1) is 0 Å². The number of carbonyl (C=O) groups is 1. The van der Waals surface area contributed by atoms with E-state index < -0.39 is 11.8 Å². The molecule has 3 heteroatoms. The molecule has 0 unspecified atom stereocenters. The lowest BCUT2D eigenvalue weighted by atomic mass is 10.1. The Kier molecular flexibility index (Phi) is 5.53. The van der Waals surface area contributed by atoms with Crippen LogP contribution in [0.4, 0.5) is 4.39 Å². The maximum Gasteiger partial charge on any atom is 0.337 e. The molecule has 78 valence electrons. The van der Waals surface area contributed by atoms with E-state index in [4.69, 9.17) is 0 Å². The number of esters is 1. The van der Waals surface area contributed by atoms with Crippen LogP contribution in [0.1, 0.15) is 29.8 Å². The first kappa shape index (κ1) is 12.6. The highest BCUT2D eigenvalue weighted by molar-refractivity contribution is 5.89. The zero-order valence-electron chi connectivity index (χ0n) is 8.93. The third-order valence-corrected chi connectivity index (χ3v) is 1.59. The summed E-state index contributed by atoms with van der Waals surface area (Å²) in [6.07, 6.45) is 0. The molecule has 0 heterocycles. The Hall–Kier alpha value is -1.38. The maximum atomic E-state index is 12.9. The fraction of sp³-hybridized carbons (Fsp3) is 0.364. The van der Waals surface area contributed by atoms with Gasteiger partial charge in [-0.25, -0.2) is 9.18 Å². The summed E-state index contributed by atoms with van der Waals surface area (Å²) in [6, 6.07) is 4.24. The summed E-state index contributed by atoms with van der Waals surface area (Å²) in [7, 11) is 1.26. The SMILES string of the molecule is CC.COC(=O)c1ccc(C)c(F)c1. The third-order valence-electron chi connectivity index (χ3n) is 1.59. The normalized spacial score (nSPS) is 8.64. The molecular weight excluding hydrogens is 183 g/mol. The minimum Gasteiger partial charge on any atom is -0.465 e. The monoisotopic (exact) mass is 198 g/mol. The van der Waals surface area contributed by atoms with Crippen molar-refractivity contribution in [3.05, 3.63) is 35.1 Å². The summed E-state index contributed by atoms with van der Waals surface area (Å²) in [5, 5.41) is 0. The van der Waals surface area contributed by atoms with E-state index in [-0.39, 0.29) is 5.56 Å². The third kappa shape index (κ3) is 3.17. The molecule has 0 aromatic heterocycles. The van der Waals surface area contributed by atoms with Gasteiger partial charge in [0.05, 0.1) is 12.7 Å². The Bertz CT molecular complexity index is 308. The second kappa shape index (κ2) is 6.13. The highest BCUT2D eigenvalue weighted by Gasteiger charge is 2.06. The van der Waals surface area contributed by atoms with Gasteiger partial charge in [-0.05, 0) is 24.6 Å².